The smallest absolute Gasteiger partial charge is 0.305 e. The van der Waals surface area contributed by atoms with Gasteiger partial charge < -0.3 is 10.3 Å². The maximum atomic E-state index is 12.8. The lowest BCUT2D eigenvalue weighted by Gasteiger charge is -2.24. The lowest BCUT2D eigenvalue weighted by molar-refractivity contribution is 0.364. The van der Waals surface area contributed by atoms with Crippen molar-refractivity contribution in [2.24, 2.45) is 0 Å². The van der Waals surface area contributed by atoms with Gasteiger partial charge in [0.25, 0.3) is 10.0 Å². The van der Waals surface area contributed by atoms with Gasteiger partial charge in [-0.25, -0.2) is 8.42 Å². The van der Waals surface area contributed by atoms with Gasteiger partial charge in [-0.3, -0.25) is 4.79 Å². The molecule has 1 fully saturated rings. The summed E-state index contributed by atoms with van der Waals surface area (Å²) in [6.45, 7) is 5.61. The van der Waals surface area contributed by atoms with E-state index in [9.17, 15) is 13.2 Å². The predicted octanol–water partition coefficient (Wildman–Crippen LogP) is 1.29. The molecule has 0 saturated carbocycles. The number of aromatic nitrogens is 1. The highest BCUT2D eigenvalue weighted by atomic mass is 32.2. The van der Waals surface area contributed by atoms with Crippen molar-refractivity contribution < 1.29 is 8.42 Å². The number of H-pyrrole nitrogens is 1. The number of sulfonamides is 1. The number of aryl methyl sites for hydroxylation is 1. The largest absolute Gasteiger partial charge is 0.315 e. The van der Waals surface area contributed by atoms with Gasteiger partial charge in [0, 0.05) is 24.8 Å². The minimum Gasteiger partial charge on any atom is -0.315 e. The summed E-state index contributed by atoms with van der Waals surface area (Å²) in [6.07, 6.45) is 3.85. The van der Waals surface area contributed by atoms with E-state index in [1.54, 1.807) is 6.92 Å². The van der Waals surface area contributed by atoms with Gasteiger partial charge in [-0.1, -0.05) is 24.7 Å². The lowest BCUT2D eigenvalue weighted by atomic mass is 10.2. The van der Waals surface area contributed by atoms with Crippen LogP contribution in [0.4, 0.5) is 0 Å². The highest BCUT2D eigenvalue weighted by Gasteiger charge is 2.30. The van der Waals surface area contributed by atoms with Gasteiger partial charge >= 0.3 is 4.87 Å². The Balaban J connectivity index is 2.24. The second-order valence-corrected chi connectivity index (χ2v) is 8.55. The van der Waals surface area contributed by atoms with Crippen LogP contribution in [0.3, 0.4) is 0 Å². The van der Waals surface area contributed by atoms with Crippen LogP contribution >= 0.6 is 11.3 Å². The molecule has 2 rings (SSSR count). The van der Waals surface area contributed by atoms with E-state index in [0.29, 0.717) is 18.8 Å². The minimum absolute atomic E-state index is 0.154. The molecule has 2 heterocycles. The zero-order chi connectivity index (χ0) is 15.5. The summed E-state index contributed by atoms with van der Waals surface area (Å²) in [7, 11) is -3.59. The minimum atomic E-state index is -3.59. The average Bonchev–Trinajstić information content (AvgIpc) is 3.04. The molecule has 0 aliphatic carbocycles. The third-order valence-electron chi connectivity index (χ3n) is 3.70. The van der Waals surface area contributed by atoms with Crippen LogP contribution < -0.4 is 10.2 Å². The molecular weight excluding hydrogens is 310 g/mol. The summed E-state index contributed by atoms with van der Waals surface area (Å²) < 4.78 is 27.3. The summed E-state index contributed by atoms with van der Waals surface area (Å²) in [5, 5.41) is 3.33. The number of nitrogens with one attached hydrogen (secondary N) is 2. The molecule has 1 aliphatic rings. The maximum absolute atomic E-state index is 12.8. The Morgan fingerprint density at radius 1 is 1.43 bits per heavy atom. The van der Waals surface area contributed by atoms with Crippen molar-refractivity contribution in [1.82, 2.24) is 14.6 Å². The maximum Gasteiger partial charge on any atom is 0.305 e. The van der Waals surface area contributed by atoms with Gasteiger partial charge in [0.1, 0.15) is 0 Å². The number of unbranched alkanes of at least 4 members (excludes halogenated alkanes) is 1. The second kappa shape index (κ2) is 7.04. The third-order valence-corrected chi connectivity index (χ3v) is 7.15. The first kappa shape index (κ1) is 16.7. The first-order chi connectivity index (χ1) is 9.95. The highest BCUT2D eigenvalue weighted by Crippen LogP contribution is 2.22. The molecule has 0 amide bonds. The fourth-order valence-corrected chi connectivity index (χ4v) is 5.52. The zero-order valence-electron chi connectivity index (χ0n) is 12.5. The van der Waals surface area contributed by atoms with Crippen LogP contribution in [0.1, 0.15) is 38.3 Å². The Morgan fingerprint density at radius 2 is 2.19 bits per heavy atom. The number of hydrogen-bond donors (Lipinski definition) is 2. The van der Waals surface area contributed by atoms with E-state index in [1.165, 1.54) is 4.31 Å². The molecule has 1 aromatic heterocycles. The Labute approximate surface area is 129 Å². The Hall–Kier alpha value is -0.700. The standard InChI is InChI=1S/C13H23N3O3S2/c1-3-4-8-16(9-11-6-5-7-14-11)21(18,19)12-10(2)15-13(17)20-12/h11,14H,3-9H2,1-2H3,(H,15,17). The van der Waals surface area contributed by atoms with Crippen molar-refractivity contribution in [2.75, 3.05) is 19.6 Å². The van der Waals surface area contributed by atoms with Crippen molar-refractivity contribution in [3.05, 3.63) is 15.4 Å². The normalized spacial score (nSPS) is 19.5. The van der Waals surface area contributed by atoms with Gasteiger partial charge in [-0.15, -0.1) is 0 Å². The van der Waals surface area contributed by atoms with E-state index in [-0.39, 0.29) is 15.1 Å². The molecule has 1 aliphatic heterocycles. The van der Waals surface area contributed by atoms with Crippen LogP contribution in [-0.2, 0) is 10.0 Å². The summed E-state index contributed by atoms with van der Waals surface area (Å²) in [4.78, 5) is 13.6. The fourth-order valence-electron chi connectivity index (χ4n) is 2.56. The zero-order valence-corrected chi connectivity index (χ0v) is 14.1. The van der Waals surface area contributed by atoms with Gasteiger partial charge in [0.05, 0.1) is 0 Å². The fraction of sp³-hybridized carbons (Fsp3) is 0.769. The molecule has 8 heteroatoms. The van der Waals surface area contributed by atoms with E-state index in [4.69, 9.17) is 0 Å². The van der Waals surface area contributed by atoms with E-state index in [2.05, 4.69) is 10.3 Å². The molecule has 0 aromatic carbocycles. The molecule has 120 valence electrons. The lowest BCUT2D eigenvalue weighted by Crippen LogP contribution is -2.41. The van der Waals surface area contributed by atoms with Crippen molar-refractivity contribution in [3.8, 4) is 0 Å². The van der Waals surface area contributed by atoms with E-state index >= 15 is 0 Å². The number of nitrogens with zero attached hydrogens (tertiary/aromatic N) is 1. The second-order valence-electron chi connectivity index (χ2n) is 5.44. The number of rotatable bonds is 7. The van der Waals surface area contributed by atoms with Crippen LogP contribution in [0.2, 0.25) is 0 Å². The van der Waals surface area contributed by atoms with Gasteiger partial charge in [0.15, 0.2) is 4.21 Å². The quantitative estimate of drug-likeness (QED) is 0.788. The van der Waals surface area contributed by atoms with Crippen LogP contribution in [0.15, 0.2) is 9.00 Å². The Morgan fingerprint density at radius 3 is 2.71 bits per heavy atom. The van der Waals surface area contributed by atoms with Crippen LogP contribution in [0.5, 0.6) is 0 Å². The highest BCUT2D eigenvalue weighted by molar-refractivity contribution is 7.91. The van der Waals surface area contributed by atoms with Gasteiger partial charge in [0.2, 0.25) is 0 Å². The van der Waals surface area contributed by atoms with E-state index < -0.39 is 10.0 Å². The van der Waals surface area contributed by atoms with Crippen molar-refractivity contribution in [1.29, 1.82) is 0 Å². The monoisotopic (exact) mass is 333 g/mol. The Kier molecular flexibility index (Phi) is 5.59. The van der Waals surface area contributed by atoms with Crippen LogP contribution in [0, 0.1) is 6.92 Å². The Bertz CT molecular complexity index is 615. The topological polar surface area (TPSA) is 82.3 Å². The molecular formula is C13H23N3O3S2. The van der Waals surface area contributed by atoms with E-state index in [0.717, 1.165) is 43.6 Å². The van der Waals surface area contributed by atoms with Crippen LogP contribution in [-0.4, -0.2) is 43.4 Å². The molecule has 1 unspecified atom stereocenters. The SMILES string of the molecule is CCCCN(CC1CCCN1)S(=O)(=O)c1sc(=O)[nH]c1C. The number of aromatic amines is 1. The third kappa shape index (κ3) is 3.94. The van der Waals surface area contributed by atoms with Gasteiger partial charge in [-0.05, 0) is 32.7 Å². The number of hydrogen-bond acceptors (Lipinski definition) is 5. The molecule has 1 saturated heterocycles. The molecule has 1 atom stereocenters. The predicted molar refractivity (Wildman–Crippen MR) is 84.4 cm³/mol. The molecule has 21 heavy (non-hydrogen) atoms. The first-order valence-electron chi connectivity index (χ1n) is 7.38. The summed E-state index contributed by atoms with van der Waals surface area (Å²) in [6, 6.07) is 0.215. The average molecular weight is 333 g/mol. The molecule has 2 N–H and O–H groups in total. The van der Waals surface area contributed by atoms with Crippen molar-refractivity contribution in [3.63, 3.8) is 0 Å². The number of thiazole rings is 1. The molecule has 0 radical (unpaired) electrons. The molecule has 6 nitrogen and oxygen atoms in total. The van der Waals surface area contributed by atoms with Crippen molar-refractivity contribution in [2.45, 2.75) is 49.8 Å². The van der Waals surface area contributed by atoms with E-state index in [1.807, 2.05) is 6.92 Å². The molecule has 0 spiro atoms. The summed E-state index contributed by atoms with van der Waals surface area (Å²) >= 11 is 0.780. The molecule has 1 aromatic rings. The summed E-state index contributed by atoms with van der Waals surface area (Å²) in [5.74, 6) is 0. The summed E-state index contributed by atoms with van der Waals surface area (Å²) in [5.41, 5.74) is 0.436. The van der Waals surface area contributed by atoms with Gasteiger partial charge in [-0.2, -0.15) is 4.31 Å². The van der Waals surface area contributed by atoms with Crippen LogP contribution in [0.25, 0.3) is 0 Å². The van der Waals surface area contributed by atoms with Crippen molar-refractivity contribution >= 4 is 21.4 Å². The first-order valence-corrected chi connectivity index (χ1v) is 9.64. The molecule has 0 bridgehead atoms.